The van der Waals surface area contributed by atoms with Crippen LogP contribution in [-0.4, -0.2) is 30.8 Å². The zero-order valence-corrected chi connectivity index (χ0v) is 27.9. The van der Waals surface area contributed by atoms with E-state index in [-0.39, 0.29) is 18.5 Å². The summed E-state index contributed by atoms with van der Waals surface area (Å²) in [5.41, 5.74) is 1.69. The predicted molar refractivity (Wildman–Crippen MR) is 180 cm³/mol. The number of ether oxygens (including phenoxy) is 3. The number of halogens is 1. The molecule has 0 spiro atoms. The molecule has 2 aromatic rings. The van der Waals surface area contributed by atoms with Gasteiger partial charge >= 0.3 is 11.9 Å². The monoisotopic (exact) mass is 624 g/mol. The molecule has 2 aromatic carbocycles. The van der Waals surface area contributed by atoms with Crippen molar-refractivity contribution in [3.8, 4) is 11.5 Å². The van der Waals surface area contributed by atoms with E-state index in [1.807, 2.05) is 43.3 Å². The number of benzene rings is 2. The van der Waals surface area contributed by atoms with Crippen molar-refractivity contribution in [3.63, 3.8) is 0 Å². The van der Waals surface area contributed by atoms with Crippen LogP contribution in [0.15, 0.2) is 48.5 Å². The molecular weight excluding hydrogens is 567 g/mol. The fourth-order valence-electron chi connectivity index (χ4n) is 6.01. The molecule has 0 heterocycles. The molecule has 0 aliphatic heterocycles. The molecule has 0 radical (unpaired) electrons. The lowest BCUT2D eigenvalue weighted by Crippen LogP contribution is -2.29. The summed E-state index contributed by atoms with van der Waals surface area (Å²) in [5.74, 6) is 0.801. The number of alkyl halides is 1. The van der Waals surface area contributed by atoms with E-state index in [0.717, 1.165) is 57.1 Å². The van der Waals surface area contributed by atoms with Gasteiger partial charge in [-0.15, -0.1) is 0 Å². The molecule has 3 rings (SSSR count). The van der Waals surface area contributed by atoms with E-state index in [4.69, 9.17) is 14.2 Å². The lowest BCUT2D eigenvalue weighted by atomic mass is 9.83. The summed E-state index contributed by atoms with van der Waals surface area (Å²) in [6, 6.07) is 14.9. The van der Waals surface area contributed by atoms with Gasteiger partial charge in [0.2, 0.25) is 0 Å². The van der Waals surface area contributed by atoms with Crippen molar-refractivity contribution >= 4 is 11.9 Å². The van der Waals surface area contributed by atoms with Crippen LogP contribution < -0.4 is 9.47 Å². The molecule has 1 aliphatic carbocycles. The molecule has 250 valence electrons. The fourth-order valence-corrected chi connectivity index (χ4v) is 6.01. The van der Waals surface area contributed by atoms with Crippen molar-refractivity contribution in [2.45, 2.75) is 148 Å². The van der Waals surface area contributed by atoms with Crippen molar-refractivity contribution < 1.29 is 28.2 Å². The lowest BCUT2D eigenvalue weighted by molar-refractivity contribution is -0.157. The summed E-state index contributed by atoms with van der Waals surface area (Å²) in [4.78, 5) is 24.6. The molecular formula is C39H57FO5. The predicted octanol–water partition coefficient (Wildman–Crippen LogP) is 10.8. The van der Waals surface area contributed by atoms with Gasteiger partial charge in [0, 0.05) is 0 Å². The molecule has 1 atom stereocenters. The minimum absolute atomic E-state index is 0.152. The maximum atomic E-state index is 13.9. The first-order valence-electron chi connectivity index (χ1n) is 17.9. The molecule has 6 heteroatoms. The molecule has 1 saturated carbocycles. The smallest absolute Gasteiger partial charge is 0.343 e. The Morgan fingerprint density at radius 3 is 1.93 bits per heavy atom. The van der Waals surface area contributed by atoms with Crippen LogP contribution in [-0.2, 0) is 16.0 Å². The number of carbonyl (C=O) groups excluding carboxylic acids is 2. The fraction of sp³-hybridized carbons (Fsp3) is 0.641. The first-order valence-corrected chi connectivity index (χ1v) is 17.9. The largest absolute Gasteiger partial charge is 0.494 e. The number of unbranched alkanes of at least 4 members (excludes halogenated alkanes) is 10. The zero-order chi connectivity index (χ0) is 32.1. The first kappa shape index (κ1) is 36.6. The van der Waals surface area contributed by atoms with E-state index in [1.54, 1.807) is 12.1 Å². The Balaban J connectivity index is 1.27. The molecule has 0 bridgehead atoms. The Kier molecular flexibility index (Phi) is 17.7. The van der Waals surface area contributed by atoms with Crippen LogP contribution in [0.25, 0.3) is 0 Å². The Morgan fingerprint density at radius 2 is 1.31 bits per heavy atom. The van der Waals surface area contributed by atoms with Crippen molar-refractivity contribution in [2.24, 2.45) is 5.92 Å². The Hall–Kier alpha value is -2.89. The van der Waals surface area contributed by atoms with E-state index >= 15 is 0 Å². The van der Waals surface area contributed by atoms with Gasteiger partial charge in [-0.25, -0.2) is 14.0 Å². The van der Waals surface area contributed by atoms with Gasteiger partial charge in [0.1, 0.15) is 17.6 Å². The average molecular weight is 625 g/mol. The second-order valence-corrected chi connectivity index (χ2v) is 12.8. The topological polar surface area (TPSA) is 61.8 Å². The van der Waals surface area contributed by atoms with Crippen LogP contribution in [0, 0.1) is 5.92 Å². The van der Waals surface area contributed by atoms with Crippen LogP contribution in [0.2, 0.25) is 0 Å². The standard InChI is InChI=1S/C39H57FO5/c1-3-5-7-8-9-10-11-12-13-14-30-43-34-28-22-33(23-29-34)38(41)44-35-24-18-31(19-25-35)16-17-32-20-26-36(27-21-32)45-39(42)37(40)15-6-4-2/h18-19,22-25,28-29,32,36-37H,3-17,20-21,26-27,30H2,1-2H3/t32-,36-,37-/m0/s1. The Bertz CT molecular complexity index is 1080. The zero-order valence-electron chi connectivity index (χ0n) is 27.9. The highest BCUT2D eigenvalue weighted by molar-refractivity contribution is 5.91. The van der Waals surface area contributed by atoms with E-state index in [0.29, 0.717) is 30.3 Å². The maximum Gasteiger partial charge on any atom is 0.343 e. The SMILES string of the molecule is CCCCCCCCCCCCOc1ccc(C(=O)Oc2ccc(CC[C@H]3CC[C@H](OC(=O)[C@@H](F)CCCC)CC3)cc2)cc1. The molecule has 0 saturated heterocycles. The van der Waals surface area contributed by atoms with Gasteiger partial charge in [0.05, 0.1) is 12.2 Å². The lowest BCUT2D eigenvalue weighted by Gasteiger charge is -2.28. The number of carbonyl (C=O) groups is 2. The van der Waals surface area contributed by atoms with Gasteiger partial charge < -0.3 is 14.2 Å². The van der Waals surface area contributed by atoms with Crippen LogP contribution in [0.4, 0.5) is 4.39 Å². The molecule has 0 amide bonds. The van der Waals surface area contributed by atoms with Crippen molar-refractivity contribution in [3.05, 3.63) is 59.7 Å². The molecule has 0 aromatic heterocycles. The summed E-state index contributed by atoms with van der Waals surface area (Å²) in [7, 11) is 0. The van der Waals surface area contributed by atoms with Crippen LogP contribution in [0.5, 0.6) is 11.5 Å². The highest BCUT2D eigenvalue weighted by Gasteiger charge is 2.27. The summed E-state index contributed by atoms with van der Waals surface area (Å²) in [6.07, 6.45) is 18.7. The van der Waals surface area contributed by atoms with Gasteiger partial charge in [0.15, 0.2) is 6.17 Å². The van der Waals surface area contributed by atoms with Crippen LogP contribution in [0.3, 0.4) is 0 Å². The summed E-state index contributed by atoms with van der Waals surface area (Å²) < 4.78 is 30.8. The third-order valence-electron chi connectivity index (χ3n) is 8.98. The summed E-state index contributed by atoms with van der Waals surface area (Å²) >= 11 is 0. The normalized spacial score (nSPS) is 17.0. The Morgan fingerprint density at radius 1 is 0.733 bits per heavy atom. The van der Waals surface area contributed by atoms with Gasteiger partial charge in [-0.05, 0) is 99.2 Å². The summed E-state index contributed by atoms with van der Waals surface area (Å²) in [5, 5.41) is 0. The van der Waals surface area contributed by atoms with E-state index in [1.165, 1.54) is 63.4 Å². The number of esters is 2. The van der Waals surface area contributed by atoms with Gasteiger partial charge in [-0.2, -0.15) is 0 Å². The van der Waals surface area contributed by atoms with E-state index in [9.17, 15) is 14.0 Å². The second-order valence-electron chi connectivity index (χ2n) is 12.8. The second kappa shape index (κ2) is 21.8. The van der Waals surface area contributed by atoms with Crippen molar-refractivity contribution in [1.29, 1.82) is 0 Å². The van der Waals surface area contributed by atoms with Gasteiger partial charge in [-0.3, -0.25) is 0 Å². The highest BCUT2D eigenvalue weighted by atomic mass is 19.1. The minimum Gasteiger partial charge on any atom is -0.494 e. The average Bonchev–Trinajstić information content (AvgIpc) is 3.06. The van der Waals surface area contributed by atoms with Gasteiger partial charge in [0.25, 0.3) is 0 Å². The van der Waals surface area contributed by atoms with Crippen LogP contribution in [0.1, 0.15) is 145 Å². The number of aryl methyl sites for hydroxylation is 1. The molecule has 1 fully saturated rings. The van der Waals surface area contributed by atoms with Crippen molar-refractivity contribution in [2.75, 3.05) is 6.61 Å². The molecule has 45 heavy (non-hydrogen) atoms. The molecule has 0 N–H and O–H groups in total. The Labute approximate surface area is 271 Å². The maximum absolute atomic E-state index is 13.9. The number of hydrogen-bond donors (Lipinski definition) is 0. The van der Waals surface area contributed by atoms with E-state index < -0.39 is 12.1 Å². The first-order chi connectivity index (χ1) is 22.0. The molecule has 0 unspecified atom stereocenters. The highest BCUT2D eigenvalue weighted by Crippen LogP contribution is 2.30. The number of rotatable bonds is 22. The van der Waals surface area contributed by atoms with Crippen molar-refractivity contribution in [1.82, 2.24) is 0 Å². The molecule has 5 nitrogen and oxygen atoms in total. The van der Waals surface area contributed by atoms with Gasteiger partial charge in [-0.1, -0.05) is 96.6 Å². The minimum atomic E-state index is -1.49. The number of hydrogen-bond acceptors (Lipinski definition) is 5. The third-order valence-corrected chi connectivity index (χ3v) is 8.98. The van der Waals surface area contributed by atoms with E-state index in [2.05, 4.69) is 6.92 Å². The van der Waals surface area contributed by atoms with Crippen LogP contribution >= 0.6 is 0 Å². The quantitative estimate of drug-likeness (QED) is 0.0741. The molecule has 1 aliphatic rings. The summed E-state index contributed by atoms with van der Waals surface area (Å²) in [6.45, 7) is 4.94. The third kappa shape index (κ3) is 14.8.